The second-order valence-electron chi connectivity index (χ2n) is 5.66. The van der Waals surface area contributed by atoms with E-state index in [-0.39, 0.29) is 0 Å². The van der Waals surface area contributed by atoms with Crippen LogP contribution in [0.15, 0.2) is 24.3 Å². The van der Waals surface area contributed by atoms with Gasteiger partial charge in [-0.2, -0.15) is 0 Å². The molecule has 1 N–H and O–H groups in total. The molecular weight excluding hydrogens is 222 g/mol. The van der Waals surface area contributed by atoms with Crippen molar-refractivity contribution in [1.29, 1.82) is 0 Å². The molecular formula is C16H25NO. The zero-order valence-electron chi connectivity index (χ0n) is 11.8. The molecule has 1 aliphatic carbocycles. The molecule has 1 aromatic carbocycles. The summed E-state index contributed by atoms with van der Waals surface area (Å²) >= 11 is 0. The molecule has 0 radical (unpaired) electrons. The van der Waals surface area contributed by atoms with Crippen LogP contribution in [0.5, 0.6) is 5.75 Å². The van der Waals surface area contributed by atoms with E-state index in [0.717, 1.165) is 24.8 Å². The Labute approximate surface area is 111 Å². The molecule has 2 rings (SSSR count). The summed E-state index contributed by atoms with van der Waals surface area (Å²) in [5.74, 6) is 2.46. The Morgan fingerprint density at radius 3 is 2.72 bits per heavy atom. The average molecular weight is 247 g/mol. The monoisotopic (exact) mass is 247 g/mol. The van der Waals surface area contributed by atoms with Crippen LogP contribution in [0.1, 0.15) is 45.1 Å². The Bertz CT molecular complexity index is 371. The molecule has 1 aliphatic rings. The van der Waals surface area contributed by atoms with Crippen LogP contribution in [0.2, 0.25) is 0 Å². The van der Waals surface area contributed by atoms with Crippen LogP contribution in [0, 0.1) is 5.92 Å². The van der Waals surface area contributed by atoms with Gasteiger partial charge in [0, 0.05) is 12.6 Å². The molecule has 2 nitrogen and oxygen atoms in total. The van der Waals surface area contributed by atoms with Gasteiger partial charge in [0.15, 0.2) is 0 Å². The SMILES string of the molecule is CC(C)c1cccc(OCCNC(C)C2CC2)c1. The van der Waals surface area contributed by atoms with Gasteiger partial charge in [-0.3, -0.25) is 0 Å². The second kappa shape index (κ2) is 6.24. The van der Waals surface area contributed by atoms with Gasteiger partial charge in [-0.15, -0.1) is 0 Å². The Hall–Kier alpha value is -1.02. The lowest BCUT2D eigenvalue weighted by Gasteiger charge is -2.14. The fourth-order valence-corrected chi connectivity index (χ4v) is 2.18. The van der Waals surface area contributed by atoms with Crippen LogP contribution >= 0.6 is 0 Å². The first-order valence-corrected chi connectivity index (χ1v) is 7.13. The van der Waals surface area contributed by atoms with Gasteiger partial charge in [0.2, 0.25) is 0 Å². The van der Waals surface area contributed by atoms with Gasteiger partial charge in [-0.1, -0.05) is 26.0 Å². The highest BCUT2D eigenvalue weighted by Crippen LogP contribution is 2.32. The Morgan fingerprint density at radius 2 is 2.06 bits per heavy atom. The highest BCUT2D eigenvalue weighted by Gasteiger charge is 2.27. The van der Waals surface area contributed by atoms with Crippen molar-refractivity contribution in [3.05, 3.63) is 29.8 Å². The molecule has 2 heteroatoms. The van der Waals surface area contributed by atoms with E-state index in [1.807, 2.05) is 6.07 Å². The summed E-state index contributed by atoms with van der Waals surface area (Å²) in [5.41, 5.74) is 1.34. The minimum absolute atomic E-state index is 0.557. The quantitative estimate of drug-likeness (QED) is 0.744. The normalized spacial score (nSPS) is 16.9. The molecule has 1 aromatic rings. The van der Waals surface area contributed by atoms with Gasteiger partial charge in [0.1, 0.15) is 12.4 Å². The molecule has 0 spiro atoms. The molecule has 1 unspecified atom stereocenters. The number of ether oxygens (including phenoxy) is 1. The summed E-state index contributed by atoms with van der Waals surface area (Å²) in [6.07, 6.45) is 2.79. The highest BCUT2D eigenvalue weighted by molar-refractivity contribution is 5.30. The largest absolute Gasteiger partial charge is 0.492 e. The number of hydrogen-bond donors (Lipinski definition) is 1. The van der Waals surface area contributed by atoms with Crippen molar-refractivity contribution in [1.82, 2.24) is 5.32 Å². The van der Waals surface area contributed by atoms with E-state index in [4.69, 9.17) is 4.74 Å². The topological polar surface area (TPSA) is 21.3 Å². The first-order chi connectivity index (χ1) is 8.66. The summed E-state index contributed by atoms with van der Waals surface area (Å²) in [6, 6.07) is 9.07. The number of hydrogen-bond acceptors (Lipinski definition) is 2. The smallest absolute Gasteiger partial charge is 0.119 e. The summed E-state index contributed by atoms with van der Waals surface area (Å²) < 4.78 is 5.78. The first-order valence-electron chi connectivity index (χ1n) is 7.13. The number of rotatable bonds is 7. The number of benzene rings is 1. The molecule has 0 aromatic heterocycles. The van der Waals surface area contributed by atoms with E-state index >= 15 is 0 Å². The lowest BCUT2D eigenvalue weighted by molar-refractivity contribution is 0.303. The molecule has 18 heavy (non-hydrogen) atoms. The molecule has 0 bridgehead atoms. The molecule has 1 fully saturated rings. The predicted octanol–water partition coefficient (Wildman–Crippen LogP) is 3.58. The van der Waals surface area contributed by atoms with Gasteiger partial charge in [-0.25, -0.2) is 0 Å². The summed E-state index contributed by atoms with van der Waals surface area (Å²) in [7, 11) is 0. The lowest BCUT2D eigenvalue weighted by Crippen LogP contribution is -2.31. The molecule has 100 valence electrons. The standard InChI is InChI=1S/C16H25NO/c1-12(2)15-5-4-6-16(11-15)18-10-9-17-13(3)14-7-8-14/h4-6,11-14,17H,7-10H2,1-3H3. The van der Waals surface area contributed by atoms with E-state index in [0.29, 0.717) is 12.0 Å². The Balaban J connectivity index is 1.70. The molecule has 0 saturated heterocycles. The lowest BCUT2D eigenvalue weighted by atomic mass is 10.0. The number of nitrogens with one attached hydrogen (secondary N) is 1. The maximum atomic E-state index is 5.78. The van der Waals surface area contributed by atoms with Crippen molar-refractivity contribution in [2.45, 2.75) is 45.6 Å². The summed E-state index contributed by atoms with van der Waals surface area (Å²) in [4.78, 5) is 0. The molecule has 0 aliphatic heterocycles. The fraction of sp³-hybridized carbons (Fsp3) is 0.625. The van der Waals surface area contributed by atoms with Crippen molar-refractivity contribution in [2.24, 2.45) is 5.92 Å². The molecule has 1 saturated carbocycles. The van der Waals surface area contributed by atoms with E-state index in [1.165, 1.54) is 18.4 Å². The Morgan fingerprint density at radius 1 is 1.28 bits per heavy atom. The minimum atomic E-state index is 0.557. The van der Waals surface area contributed by atoms with Crippen LogP contribution in [0.25, 0.3) is 0 Å². The van der Waals surface area contributed by atoms with Crippen molar-refractivity contribution >= 4 is 0 Å². The van der Waals surface area contributed by atoms with Crippen LogP contribution in [-0.2, 0) is 0 Å². The van der Waals surface area contributed by atoms with Crippen LogP contribution in [0.3, 0.4) is 0 Å². The van der Waals surface area contributed by atoms with Gasteiger partial charge >= 0.3 is 0 Å². The highest BCUT2D eigenvalue weighted by atomic mass is 16.5. The van der Waals surface area contributed by atoms with Crippen molar-refractivity contribution in [2.75, 3.05) is 13.2 Å². The van der Waals surface area contributed by atoms with Crippen LogP contribution in [0.4, 0.5) is 0 Å². The van der Waals surface area contributed by atoms with Crippen molar-refractivity contribution < 1.29 is 4.74 Å². The van der Waals surface area contributed by atoms with E-state index in [1.54, 1.807) is 0 Å². The zero-order valence-corrected chi connectivity index (χ0v) is 11.8. The third-order valence-electron chi connectivity index (χ3n) is 3.69. The third-order valence-corrected chi connectivity index (χ3v) is 3.69. The predicted molar refractivity (Wildman–Crippen MR) is 76.2 cm³/mol. The fourth-order valence-electron chi connectivity index (χ4n) is 2.18. The summed E-state index contributed by atoms with van der Waals surface area (Å²) in [5, 5.41) is 3.53. The maximum Gasteiger partial charge on any atom is 0.119 e. The summed E-state index contributed by atoms with van der Waals surface area (Å²) in [6.45, 7) is 8.37. The Kier molecular flexibility index (Phi) is 4.65. The van der Waals surface area contributed by atoms with Gasteiger partial charge < -0.3 is 10.1 Å². The van der Waals surface area contributed by atoms with Gasteiger partial charge in [0.25, 0.3) is 0 Å². The van der Waals surface area contributed by atoms with Crippen LogP contribution < -0.4 is 10.1 Å². The maximum absolute atomic E-state index is 5.78. The average Bonchev–Trinajstić information content (AvgIpc) is 3.19. The van der Waals surface area contributed by atoms with Gasteiger partial charge in [-0.05, 0) is 49.3 Å². The molecule has 0 amide bonds. The third kappa shape index (κ3) is 4.02. The second-order valence-corrected chi connectivity index (χ2v) is 5.66. The van der Waals surface area contributed by atoms with E-state index in [2.05, 4.69) is 44.3 Å². The minimum Gasteiger partial charge on any atom is -0.492 e. The zero-order chi connectivity index (χ0) is 13.0. The van der Waals surface area contributed by atoms with Crippen molar-refractivity contribution in [3.8, 4) is 5.75 Å². The molecule has 0 heterocycles. The first kappa shape index (κ1) is 13.4. The molecule has 1 atom stereocenters. The van der Waals surface area contributed by atoms with Crippen LogP contribution in [-0.4, -0.2) is 19.2 Å². The van der Waals surface area contributed by atoms with Gasteiger partial charge in [0.05, 0.1) is 0 Å². The van der Waals surface area contributed by atoms with Crippen molar-refractivity contribution in [3.63, 3.8) is 0 Å². The van der Waals surface area contributed by atoms with E-state index < -0.39 is 0 Å². The van der Waals surface area contributed by atoms with E-state index in [9.17, 15) is 0 Å².